The molecule has 0 spiro atoms. The van der Waals surface area contributed by atoms with E-state index in [-0.39, 0.29) is 29.6 Å². The Balaban J connectivity index is 0.000001000. The average Bonchev–Trinajstić information content (AvgIpc) is 1.88. The van der Waals surface area contributed by atoms with Crippen LogP contribution in [0.4, 0.5) is 0 Å². The van der Waals surface area contributed by atoms with Crippen molar-refractivity contribution in [1.29, 1.82) is 0 Å². The molecular weight excluding hydrogens is 151 g/mol. The summed E-state index contributed by atoms with van der Waals surface area (Å²) in [4.78, 5) is 10.3. The molecule has 1 aromatic carbocycles. The number of aryl methyl sites for hydroxylation is 1. The van der Waals surface area contributed by atoms with Gasteiger partial charge in [-0.05, 0) is 19.1 Å². The van der Waals surface area contributed by atoms with Crippen LogP contribution in [0.2, 0.25) is 0 Å². The zero-order valence-electron chi connectivity index (χ0n) is 6.66. The van der Waals surface area contributed by atoms with Gasteiger partial charge in [-0.1, -0.05) is 17.7 Å². The van der Waals surface area contributed by atoms with Gasteiger partial charge in [0.2, 0.25) is 0 Å². The van der Waals surface area contributed by atoms with Crippen molar-refractivity contribution in [2.45, 2.75) is 6.92 Å². The van der Waals surface area contributed by atoms with E-state index in [0.717, 1.165) is 5.56 Å². The zero-order valence-corrected chi connectivity index (χ0v) is 8.66. The van der Waals surface area contributed by atoms with Crippen molar-refractivity contribution in [3.63, 3.8) is 0 Å². The maximum Gasteiger partial charge on any atom is 1.00 e. The smallest absolute Gasteiger partial charge is 0.478 e. The largest absolute Gasteiger partial charge is 1.00 e. The van der Waals surface area contributed by atoms with Crippen molar-refractivity contribution < 1.29 is 39.5 Å². The van der Waals surface area contributed by atoms with Gasteiger partial charge >= 0.3 is 35.5 Å². The summed E-state index contributed by atoms with van der Waals surface area (Å²) in [5, 5.41) is 8.48. The van der Waals surface area contributed by atoms with Gasteiger partial charge in [0.05, 0.1) is 5.56 Å². The summed E-state index contributed by atoms with van der Waals surface area (Å²) in [6.07, 6.45) is 0. The molecule has 0 saturated carbocycles. The van der Waals surface area contributed by atoms with Crippen LogP contribution in [0.5, 0.6) is 0 Å². The van der Waals surface area contributed by atoms with Crippen LogP contribution in [-0.2, 0) is 0 Å². The molecule has 1 rings (SSSR count). The molecule has 1 N–H and O–H groups in total. The van der Waals surface area contributed by atoms with Crippen LogP contribution in [-0.4, -0.2) is 11.1 Å². The summed E-state index contributed by atoms with van der Waals surface area (Å²) < 4.78 is 0. The van der Waals surface area contributed by atoms with E-state index in [1.54, 1.807) is 24.3 Å². The van der Waals surface area contributed by atoms with Crippen LogP contribution < -0.4 is 29.6 Å². The van der Waals surface area contributed by atoms with Crippen LogP contribution in [0, 0.1) is 6.92 Å². The van der Waals surface area contributed by atoms with Gasteiger partial charge < -0.3 is 5.11 Å². The second-order valence-electron chi connectivity index (χ2n) is 2.17. The Morgan fingerprint density at radius 1 is 1.27 bits per heavy atom. The number of aromatic carboxylic acids is 1. The van der Waals surface area contributed by atoms with E-state index in [2.05, 4.69) is 0 Å². The Hall–Kier alpha value is -0.310. The molecule has 0 heterocycles. The molecule has 3 heteroatoms. The van der Waals surface area contributed by atoms with Gasteiger partial charge in [-0.2, -0.15) is 0 Å². The van der Waals surface area contributed by atoms with Gasteiger partial charge in [0.15, 0.2) is 0 Å². The number of benzene rings is 1. The molecule has 0 aliphatic carbocycles. The molecule has 0 aliphatic heterocycles. The van der Waals surface area contributed by atoms with Crippen molar-refractivity contribution in [2.24, 2.45) is 0 Å². The van der Waals surface area contributed by atoms with Crippen LogP contribution in [0.1, 0.15) is 15.9 Å². The number of carbonyl (C=O) groups is 1. The summed E-state index contributed by atoms with van der Waals surface area (Å²) in [7, 11) is 0. The van der Waals surface area contributed by atoms with Gasteiger partial charge in [0.25, 0.3) is 0 Å². The fourth-order valence-electron chi connectivity index (χ4n) is 0.696. The molecule has 0 saturated heterocycles. The molecule has 11 heavy (non-hydrogen) atoms. The minimum atomic E-state index is -0.875. The van der Waals surface area contributed by atoms with Crippen molar-refractivity contribution in [3.05, 3.63) is 35.4 Å². The van der Waals surface area contributed by atoms with Crippen LogP contribution in [0.3, 0.4) is 0 Å². The monoisotopic (exact) mass is 159 g/mol. The molecule has 0 aromatic heterocycles. The predicted octanol–water partition coefficient (Wildman–Crippen LogP) is -1.30. The first-order valence-corrected chi connectivity index (χ1v) is 3.00. The normalized spacial score (nSPS) is 8.45. The molecule has 2 nitrogen and oxygen atoms in total. The van der Waals surface area contributed by atoms with Gasteiger partial charge in [0.1, 0.15) is 0 Å². The Labute approximate surface area is 87.5 Å². The summed E-state index contributed by atoms with van der Waals surface area (Å²) >= 11 is 0. The summed E-state index contributed by atoms with van der Waals surface area (Å²) in [5.41, 5.74) is 1.41. The molecule has 0 atom stereocenters. The fourth-order valence-corrected chi connectivity index (χ4v) is 0.696. The fraction of sp³-hybridized carbons (Fsp3) is 0.125. The van der Waals surface area contributed by atoms with Crippen molar-refractivity contribution in [1.82, 2.24) is 0 Å². The molecule has 0 aliphatic rings. The minimum Gasteiger partial charge on any atom is -0.478 e. The van der Waals surface area contributed by atoms with E-state index >= 15 is 0 Å². The molecule has 0 fully saturated rings. The maximum absolute atomic E-state index is 10.3. The van der Waals surface area contributed by atoms with E-state index in [4.69, 9.17) is 5.11 Å². The third kappa shape index (κ3) is 3.06. The van der Waals surface area contributed by atoms with Crippen molar-refractivity contribution in [3.8, 4) is 0 Å². The molecule has 1 aromatic rings. The van der Waals surface area contributed by atoms with E-state index in [0.29, 0.717) is 5.56 Å². The summed E-state index contributed by atoms with van der Waals surface area (Å²) in [5.74, 6) is -0.875. The molecule has 0 bridgehead atoms. The topological polar surface area (TPSA) is 37.3 Å². The van der Waals surface area contributed by atoms with Crippen LogP contribution >= 0.6 is 0 Å². The molecule has 0 amide bonds. The number of carboxylic acid groups (broad SMARTS) is 1. The van der Waals surface area contributed by atoms with E-state index in [9.17, 15) is 4.79 Å². The van der Waals surface area contributed by atoms with Crippen LogP contribution in [0.25, 0.3) is 0 Å². The third-order valence-electron chi connectivity index (χ3n) is 1.30. The predicted molar refractivity (Wildman–Crippen MR) is 38.1 cm³/mol. The molecular formula is C8H8NaO2+. The molecule has 0 radical (unpaired) electrons. The summed E-state index contributed by atoms with van der Waals surface area (Å²) in [6, 6.07) is 6.75. The Kier molecular flexibility index (Phi) is 4.42. The first kappa shape index (κ1) is 10.7. The number of hydrogen-bond donors (Lipinski definition) is 1. The summed E-state index contributed by atoms with van der Waals surface area (Å²) in [6.45, 7) is 1.92. The quantitative estimate of drug-likeness (QED) is 0.517. The number of rotatable bonds is 1. The van der Waals surface area contributed by atoms with Gasteiger partial charge in [-0.3, -0.25) is 0 Å². The van der Waals surface area contributed by atoms with Gasteiger partial charge in [-0.15, -0.1) is 0 Å². The second-order valence-corrected chi connectivity index (χ2v) is 2.17. The third-order valence-corrected chi connectivity index (χ3v) is 1.30. The molecule has 52 valence electrons. The standard InChI is InChI=1S/C8H8O2.Na/c1-6-2-4-7(5-3-6)8(9)10;/h2-5H,1H3,(H,9,10);/q;+1. The average molecular weight is 159 g/mol. The van der Waals surface area contributed by atoms with E-state index in [1.165, 1.54) is 0 Å². The van der Waals surface area contributed by atoms with Gasteiger partial charge in [0, 0.05) is 0 Å². The zero-order chi connectivity index (χ0) is 7.56. The number of hydrogen-bond acceptors (Lipinski definition) is 1. The SMILES string of the molecule is Cc1ccc(C(=O)O)cc1.[Na+]. The first-order chi connectivity index (χ1) is 4.70. The first-order valence-electron chi connectivity index (χ1n) is 3.00. The Morgan fingerprint density at radius 3 is 2.09 bits per heavy atom. The minimum absolute atomic E-state index is 0. The van der Waals surface area contributed by atoms with Gasteiger partial charge in [-0.25, -0.2) is 4.79 Å². The van der Waals surface area contributed by atoms with Crippen molar-refractivity contribution in [2.75, 3.05) is 0 Å². The van der Waals surface area contributed by atoms with Crippen molar-refractivity contribution >= 4 is 5.97 Å². The van der Waals surface area contributed by atoms with E-state index in [1.807, 2.05) is 6.92 Å². The number of carboxylic acids is 1. The maximum atomic E-state index is 10.3. The second kappa shape index (κ2) is 4.54. The van der Waals surface area contributed by atoms with E-state index < -0.39 is 5.97 Å². The van der Waals surface area contributed by atoms with Crippen LogP contribution in [0.15, 0.2) is 24.3 Å². The Bertz CT molecular complexity index is 241. The molecule has 0 unspecified atom stereocenters. The Morgan fingerprint density at radius 2 is 1.73 bits per heavy atom.